The monoisotopic (exact) mass is 379 g/mol. The van der Waals surface area contributed by atoms with E-state index in [4.69, 9.17) is 0 Å². The Morgan fingerprint density at radius 1 is 1.07 bits per heavy atom. The van der Waals surface area contributed by atoms with Crippen LogP contribution in [0.15, 0.2) is 53.6 Å². The third-order valence-corrected chi connectivity index (χ3v) is 5.27. The molecule has 0 heterocycles. The van der Waals surface area contributed by atoms with Gasteiger partial charge >= 0.3 is 0 Å². The van der Waals surface area contributed by atoms with Crippen LogP contribution in [0.1, 0.15) is 61.6 Å². The molecule has 1 N–H and O–H groups in total. The summed E-state index contributed by atoms with van der Waals surface area (Å²) < 4.78 is 0. The summed E-state index contributed by atoms with van der Waals surface area (Å²) in [5.74, 6) is 0.411. The molecular formula is C22H25N3O3. The van der Waals surface area contributed by atoms with E-state index < -0.39 is 4.92 Å². The highest BCUT2D eigenvalue weighted by molar-refractivity contribution is 5.99. The smallest absolute Gasteiger partial charge is 0.269 e. The van der Waals surface area contributed by atoms with Crippen molar-refractivity contribution in [3.63, 3.8) is 0 Å². The highest BCUT2D eigenvalue weighted by atomic mass is 16.6. The summed E-state index contributed by atoms with van der Waals surface area (Å²) in [4.78, 5) is 22.3. The average molecular weight is 379 g/mol. The molecule has 1 amide bonds. The molecule has 28 heavy (non-hydrogen) atoms. The number of carbonyl (C=O) groups excluding carboxylic acids is 1. The van der Waals surface area contributed by atoms with Crippen LogP contribution in [0.5, 0.6) is 0 Å². The van der Waals surface area contributed by atoms with E-state index in [0.717, 1.165) is 11.3 Å². The van der Waals surface area contributed by atoms with Gasteiger partial charge in [0.05, 0.1) is 17.1 Å². The third-order valence-electron chi connectivity index (χ3n) is 5.27. The van der Waals surface area contributed by atoms with Crippen LogP contribution in [0, 0.1) is 10.1 Å². The molecule has 0 aliphatic heterocycles. The van der Waals surface area contributed by atoms with Gasteiger partial charge in [-0.1, -0.05) is 55.7 Å². The Balaban J connectivity index is 1.55. The van der Waals surface area contributed by atoms with E-state index in [1.807, 2.05) is 6.92 Å². The van der Waals surface area contributed by atoms with Gasteiger partial charge in [0.2, 0.25) is 5.91 Å². The molecule has 0 unspecified atom stereocenters. The Kier molecular flexibility index (Phi) is 6.53. The molecule has 1 aliphatic rings. The molecule has 146 valence electrons. The summed E-state index contributed by atoms with van der Waals surface area (Å²) in [6, 6.07) is 14.4. The van der Waals surface area contributed by atoms with Crippen LogP contribution < -0.4 is 5.43 Å². The summed E-state index contributed by atoms with van der Waals surface area (Å²) in [6.07, 6.45) is 6.63. The molecule has 0 saturated heterocycles. The maximum Gasteiger partial charge on any atom is 0.269 e. The van der Waals surface area contributed by atoms with Crippen LogP contribution >= 0.6 is 0 Å². The van der Waals surface area contributed by atoms with E-state index >= 15 is 0 Å². The number of nitrogens with zero attached hydrogens (tertiary/aromatic N) is 2. The second kappa shape index (κ2) is 9.26. The van der Waals surface area contributed by atoms with E-state index in [1.165, 1.54) is 49.8 Å². The van der Waals surface area contributed by atoms with Gasteiger partial charge in [0.25, 0.3) is 5.69 Å². The van der Waals surface area contributed by atoms with Gasteiger partial charge in [-0.3, -0.25) is 14.9 Å². The van der Waals surface area contributed by atoms with Gasteiger partial charge in [-0.15, -0.1) is 0 Å². The van der Waals surface area contributed by atoms with Crippen LogP contribution in [-0.4, -0.2) is 16.5 Å². The number of carbonyl (C=O) groups is 1. The maximum atomic E-state index is 12.1. The fourth-order valence-electron chi connectivity index (χ4n) is 3.60. The van der Waals surface area contributed by atoms with Crippen LogP contribution in [0.25, 0.3) is 0 Å². The number of benzene rings is 2. The molecule has 6 heteroatoms. The van der Waals surface area contributed by atoms with E-state index in [0.29, 0.717) is 11.5 Å². The van der Waals surface area contributed by atoms with Crippen molar-refractivity contribution in [3.05, 3.63) is 75.3 Å². The van der Waals surface area contributed by atoms with Crippen LogP contribution in [-0.2, 0) is 11.2 Å². The predicted octanol–water partition coefficient (Wildman–Crippen LogP) is 4.73. The molecule has 2 aromatic rings. The first-order valence-corrected chi connectivity index (χ1v) is 9.70. The van der Waals surface area contributed by atoms with E-state index in [9.17, 15) is 14.9 Å². The predicted molar refractivity (Wildman–Crippen MR) is 109 cm³/mol. The Morgan fingerprint density at radius 2 is 1.71 bits per heavy atom. The molecule has 1 fully saturated rings. The molecule has 0 atom stereocenters. The van der Waals surface area contributed by atoms with Gasteiger partial charge in [-0.25, -0.2) is 5.43 Å². The SMILES string of the molecule is CC(=NNC(=O)Cc1ccc([N+](=O)[O-])cc1)c1ccc(C2CCCCC2)cc1. The fourth-order valence-corrected chi connectivity index (χ4v) is 3.60. The second-order valence-corrected chi connectivity index (χ2v) is 7.29. The van der Waals surface area contributed by atoms with Crippen molar-refractivity contribution in [3.8, 4) is 0 Å². The van der Waals surface area contributed by atoms with Crippen molar-refractivity contribution >= 4 is 17.3 Å². The van der Waals surface area contributed by atoms with E-state index in [1.54, 1.807) is 12.1 Å². The molecule has 0 spiro atoms. The second-order valence-electron chi connectivity index (χ2n) is 7.29. The normalized spacial score (nSPS) is 15.2. The Bertz CT molecular complexity index is 852. The summed E-state index contributed by atoms with van der Waals surface area (Å²) in [6.45, 7) is 1.86. The number of hydrogen-bond acceptors (Lipinski definition) is 4. The van der Waals surface area contributed by atoms with Gasteiger partial charge in [-0.05, 0) is 42.4 Å². The lowest BCUT2D eigenvalue weighted by Gasteiger charge is -2.22. The number of nitrogens with one attached hydrogen (secondary N) is 1. The minimum Gasteiger partial charge on any atom is -0.273 e. The van der Waals surface area contributed by atoms with Gasteiger partial charge in [0, 0.05) is 12.1 Å². The number of hydrazone groups is 1. The summed E-state index contributed by atoms with van der Waals surface area (Å²) in [5, 5.41) is 14.9. The number of nitro groups is 1. The molecule has 3 rings (SSSR count). The Labute approximate surface area is 164 Å². The highest BCUT2D eigenvalue weighted by Crippen LogP contribution is 2.32. The largest absolute Gasteiger partial charge is 0.273 e. The molecule has 6 nitrogen and oxygen atoms in total. The molecule has 0 bridgehead atoms. The highest BCUT2D eigenvalue weighted by Gasteiger charge is 2.15. The molecule has 1 aliphatic carbocycles. The lowest BCUT2D eigenvalue weighted by Crippen LogP contribution is -2.21. The lowest BCUT2D eigenvalue weighted by atomic mass is 9.84. The first kappa shape index (κ1) is 19.7. The van der Waals surface area contributed by atoms with Crippen molar-refractivity contribution < 1.29 is 9.72 Å². The first-order chi connectivity index (χ1) is 13.5. The summed E-state index contributed by atoms with van der Waals surface area (Å²) in [5.41, 5.74) is 6.38. The number of rotatable bonds is 6. The van der Waals surface area contributed by atoms with Gasteiger partial charge in [-0.2, -0.15) is 5.10 Å². The Morgan fingerprint density at radius 3 is 2.32 bits per heavy atom. The third kappa shape index (κ3) is 5.25. The number of amides is 1. The molecule has 2 aromatic carbocycles. The molecule has 1 saturated carbocycles. The van der Waals surface area contributed by atoms with E-state index in [2.05, 4.69) is 34.8 Å². The van der Waals surface area contributed by atoms with E-state index in [-0.39, 0.29) is 18.0 Å². The number of non-ortho nitro benzene ring substituents is 1. The number of nitro benzene ring substituents is 1. The summed E-state index contributed by atoms with van der Waals surface area (Å²) >= 11 is 0. The lowest BCUT2D eigenvalue weighted by molar-refractivity contribution is -0.384. The fraction of sp³-hybridized carbons (Fsp3) is 0.364. The zero-order valence-electron chi connectivity index (χ0n) is 16.1. The zero-order valence-corrected chi connectivity index (χ0v) is 16.1. The topological polar surface area (TPSA) is 84.6 Å². The van der Waals surface area contributed by atoms with Crippen molar-refractivity contribution in [2.75, 3.05) is 0 Å². The maximum absolute atomic E-state index is 12.1. The average Bonchev–Trinajstić information content (AvgIpc) is 2.73. The van der Waals surface area contributed by atoms with Crippen molar-refractivity contribution in [1.82, 2.24) is 5.43 Å². The minimum atomic E-state index is -0.461. The van der Waals surface area contributed by atoms with Crippen LogP contribution in [0.4, 0.5) is 5.69 Å². The summed E-state index contributed by atoms with van der Waals surface area (Å²) in [7, 11) is 0. The molecular weight excluding hydrogens is 354 g/mol. The van der Waals surface area contributed by atoms with Crippen LogP contribution in [0.2, 0.25) is 0 Å². The quantitative estimate of drug-likeness (QED) is 0.447. The van der Waals surface area contributed by atoms with Gasteiger partial charge < -0.3 is 0 Å². The first-order valence-electron chi connectivity index (χ1n) is 9.70. The van der Waals surface area contributed by atoms with Gasteiger partial charge in [0.15, 0.2) is 0 Å². The van der Waals surface area contributed by atoms with Crippen molar-refractivity contribution in [1.29, 1.82) is 0 Å². The molecule has 0 radical (unpaired) electrons. The Hall–Kier alpha value is -3.02. The van der Waals surface area contributed by atoms with Gasteiger partial charge in [0.1, 0.15) is 0 Å². The van der Waals surface area contributed by atoms with Crippen LogP contribution in [0.3, 0.4) is 0 Å². The standard InChI is InChI=1S/C22H25N3O3/c1-16(18-9-11-20(12-10-18)19-5-3-2-4-6-19)23-24-22(26)15-17-7-13-21(14-8-17)25(27)28/h7-14,19H,2-6,15H2,1H3,(H,24,26). The minimum absolute atomic E-state index is 0.00898. The zero-order chi connectivity index (χ0) is 19.9. The van der Waals surface area contributed by atoms with Crippen molar-refractivity contribution in [2.24, 2.45) is 5.10 Å². The molecule has 0 aromatic heterocycles. The number of hydrogen-bond donors (Lipinski definition) is 1. The van der Waals surface area contributed by atoms with Crippen molar-refractivity contribution in [2.45, 2.75) is 51.4 Å².